The summed E-state index contributed by atoms with van der Waals surface area (Å²) < 4.78 is 17.8. The van der Waals surface area contributed by atoms with Gasteiger partial charge < -0.3 is 4.74 Å². The standard InChI is InChI=1S/C9H10ClFO/c1-12-9-3-2-7(4-5-10)6-8(9)11/h2-3,6H,4-5H2,1H3. The fourth-order valence-electron chi connectivity index (χ4n) is 0.975. The smallest absolute Gasteiger partial charge is 0.165 e. The molecule has 0 aliphatic rings. The highest BCUT2D eigenvalue weighted by atomic mass is 35.5. The summed E-state index contributed by atoms with van der Waals surface area (Å²) >= 11 is 5.51. The first-order valence-corrected chi connectivity index (χ1v) is 4.19. The number of ether oxygens (including phenoxy) is 1. The molecule has 0 heterocycles. The molecule has 0 spiro atoms. The molecule has 1 nitrogen and oxygen atoms in total. The second-order valence-corrected chi connectivity index (χ2v) is 2.79. The average Bonchev–Trinajstić information content (AvgIpc) is 2.05. The molecule has 0 bridgehead atoms. The average molecular weight is 189 g/mol. The van der Waals surface area contributed by atoms with E-state index in [2.05, 4.69) is 0 Å². The number of hydrogen-bond donors (Lipinski definition) is 0. The zero-order valence-electron chi connectivity index (χ0n) is 6.81. The topological polar surface area (TPSA) is 9.23 Å². The summed E-state index contributed by atoms with van der Waals surface area (Å²) in [5, 5.41) is 0. The van der Waals surface area contributed by atoms with Gasteiger partial charge in [0, 0.05) is 5.88 Å². The third-order valence-corrected chi connectivity index (χ3v) is 1.79. The van der Waals surface area contributed by atoms with E-state index in [1.807, 2.05) is 6.07 Å². The van der Waals surface area contributed by atoms with Crippen LogP contribution in [0, 0.1) is 5.82 Å². The van der Waals surface area contributed by atoms with Gasteiger partial charge in [0.2, 0.25) is 0 Å². The van der Waals surface area contributed by atoms with E-state index in [4.69, 9.17) is 16.3 Å². The van der Waals surface area contributed by atoms with Crippen LogP contribution in [0.4, 0.5) is 4.39 Å². The first kappa shape index (κ1) is 9.33. The summed E-state index contributed by atoms with van der Waals surface area (Å²) in [5.74, 6) is 0.444. The number of halogens is 2. The Bertz CT molecular complexity index is 263. The quantitative estimate of drug-likeness (QED) is 0.663. The van der Waals surface area contributed by atoms with E-state index in [1.54, 1.807) is 6.07 Å². The van der Waals surface area contributed by atoms with Crippen molar-refractivity contribution in [2.45, 2.75) is 6.42 Å². The number of benzene rings is 1. The van der Waals surface area contributed by atoms with Crippen LogP contribution in [-0.2, 0) is 6.42 Å². The molecular weight excluding hydrogens is 179 g/mol. The van der Waals surface area contributed by atoms with Crippen LogP contribution in [0.1, 0.15) is 5.56 Å². The predicted octanol–water partition coefficient (Wildman–Crippen LogP) is 2.62. The third-order valence-electron chi connectivity index (χ3n) is 1.60. The van der Waals surface area contributed by atoms with Gasteiger partial charge in [-0.2, -0.15) is 0 Å². The van der Waals surface area contributed by atoms with E-state index < -0.39 is 0 Å². The first-order valence-electron chi connectivity index (χ1n) is 3.66. The van der Waals surface area contributed by atoms with Crippen LogP contribution >= 0.6 is 11.6 Å². The zero-order valence-corrected chi connectivity index (χ0v) is 7.57. The van der Waals surface area contributed by atoms with Crippen LogP contribution in [0.2, 0.25) is 0 Å². The summed E-state index contributed by atoms with van der Waals surface area (Å²) in [5.41, 5.74) is 0.892. The maximum atomic E-state index is 13.0. The van der Waals surface area contributed by atoms with Crippen molar-refractivity contribution in [1.29, 1.82) is 0 Å². The molecule has 0 aliphatic carbocycles. The van der Waals surface area contributed by atoms with Crippen molar-refractivity contribution in [2.75, 3.05) is 13.0 Å². The van der Waals surface area contributed by atoms with Crippen LogP contribution in [0.3, 0.4) is 0 Å². The van der Waals surface area contributed by atoms with Gasteiger partial charge in [-0.25, -0.2) is 4.39 Å². The van der Waals surface area contributed by atoms with Crippen molar-refractivity contribution in [2.24, 2.45) is 0 Å². The Balaban J connectivity index is 2.86. The molecule has 0 aromatic heterocycles. The Labute approximate surface area is 76.1 Å². The van der Waals surface area contributed by atoms with Gasteiger partial charge in [-0.3, -0.25) is 0 Å². The van der Waals surface area contributed by atoms with E-state index in [0.29, 0.717) is 12.3 Å². The fourth-order valence-corrected chi connectivity index (χ4v) is 1.19. The van der Waals surface area contributed by atoms with E-state index in [0.717, 1.165) is 5.56 Å². The molecule has 1 aromatic carbocycles. The molecule has 66 valence electrons. The molecule has 1 aromatic rings. The Hall–Kier alpha value is -0.760. The molecule has 0 fully saturated rings. The van der Waals surface area contributed by atoms with Gasteiger partial charge in [-0.15, -0.1) is 11.6 Å². The fraction of sp³-hybridized carbons (Fsp3) is 0.333. The van der Waals surface area contributed by atoms with Gasteiger partial charge in [-0.05, 0) is 24.1 Å². The minimum Gasteiger partial charge on any atom is -0.494 e. The molecule has 0 saturated carbocycles. The Kier molecular flexibility index (Phi) is 3.35. The van der Waals surface area contributed by atoms with Crippen molar-refractivity contribution in [3.63, 3.8) is 0 Å². The van der Waals surface area contributed by atoms with E-state index in [1.165, 1.54) is 13.2 Å². The molecule has 3 heteroatoms. The normalized spacial score (nSPS) is 9.92. The lowest BCUT2D eigenvalue weighted by Crippen LogP contribution is -1.91. The molecule has 0 radical (unpaired) electrons. The SMILES string of the molecule is COc1ccc(CCCl)cc1F. The largest absolute Gasteiger partial charge is 0.494 e. The minimum atomic E-state index is -0.333. The van der Waals surface area contributed by atoms with Crippen molar-refractivity contribution in [3.8, 4) is 5.75 Å². The summed E-state index contributed by atoms with van der Waals surface area (Å²) in [6, 6.07) is 4.86. The Morgan fingerprint density at radius 3 is 2.75 bits per heavy atom. The van der Waals surface area contributed by atoms with Gasteiger partial charge in [0.1, 0.15) is 0 Å². The molecule has 0 saturated heterocycles. The molecule has 1 rings (SSSR count). The lowest BCUT2D eigenvalue weighted by atomic mass is 10.1. The summed E-state index contributed by atoms with van der Waals surface area (Å²) in [4.78, 5) is 0. The summed E-state index contributed by atoms with van der Waals surface area (Å²) in [7, 11) is 1.44. The maximum Gasteiger partial charge on any atom is 0.165 e. The van der Waals surface area contributed by atoms with E-state index in [-0.39, 0.29) is 11.6 Å². The van der Waals surface area contributed by atoms with Crippen LogP contribution in [0.15, 0.2) is 18.2 Å². The monoisotopic (exact) mass is 188 g/mol. The Morgan fingerprint density at radius 1 is 1.50 bits per heavy atom. The maximum absolute atomic E-state index is 13.0. The third kappa shape index (κ3) is 2.11. The molecule has 12 heavy (non-hydrogen) atoms. The van der Waals surface area contributed by atoms with Gasteiger partial charge in [0.25, 0.3) is 0 Å². The molecule has 0 atom stereocenters. The number of aryl methyl sites for hydroxylation is 1. The van der Waals surface area contributed by atoms with Crippen LogP contribution in [0.5, 0.6) is 5.75 Å². The zero-order chi connectivity index (χ0) is 8.97. The van der Waals surface area contributed by atoms with E-state index >= 15 is 0 Å². The van der Waals surface area contributed by atoms with Gasteiger partial charge in [-0.1, -0.05) is 6.07 Å². The van der Waals surface area contributed by atoms with Crippen molar-refractivity contribution >= 4 is 11.6 Å². The molecule has 0 unspecified atom stereocenters. The molecular formula is C9H10ClFO. The highest BCUT2D eigenvalue weighted by molar-refractivity contribution is 6.17. The van der Waals surface area contributed by atoms with Gasteiger partial charge in [0.15, 0.2) is 11.6 Å². The lowest BCUT2D eigenvalue weighted by Gasteiger charge is -2.03. The van der Waals surface area contributed by atoms with Crippen LogP contribution in [-0.4, -0.2) is 13.0 Å². The van der Waals surface area contributed by atoms with Crippen molar-refractivity contribution in [1.82, 2.24) is 0 Å². The second-order valence-electron chi connectivity index (χ2n) is 2.41. The molecule has 0 amide bonds. The minimum absolute atomic E-state index is 0.272. The van der Waals surface area contributed by atoms with Gasteiger partial charge >= 0.3 is 0 Å². The second kappa shape index (κ2) is 4.31. The summed E-state index contributed by atoms with van der Waals surface area (Å²) in [6.07, 6.45) is 0.683. The van der Waals surface area contributed by atoms with Crippen molar-refractivity contribution < 1.29 is 9.13 Å². The number of alkyl halides is 1. The lowest BCUT2D eigenvalue weighted by molar-refractivity contribution is 0.386. The number of methoxy groups -OCH3 is 1. The molecule has 0 aliphatic heterocycles. The highest BCUT2D eigenvalue weighted by Crippen LogP contribution is 2.17. The van der Waals surface area contributed by atoms with Crippen molar-refractivity contribution in [3.05, 3.63) is 29.6 Å². The highest BCUT2D eigenvalue weighted by Gasteiger charge is 2.02. The predicted molar refractivity (Wildman–Crippen MR) is 47.4 cm³/mol. The first-order chi connectivity index (χ1) is 5.77. The molecule has 0 N–H and O–H groups in total. The van der Waals surface area contributed by atoms with Crippen LogP contribution < -0.4 is 4.74 Å². The number of rotatable bonds is 3. The number of hydrogen-bond acceptors (Lipinski definition) is 1. The van der Waals surface area contributed by atoms with Crippen LogP contribution in [0.25, 0.3) is 0 Å². The van der Waals surface area contributed by atoms with Gasteiger partial charge in [0.05, 0.1) is 7.11 Å². The summed E-state index contributed by atoms with van der Waals surface area (Å²) in [6.45, 7) is 0. The van der Waals surface area contributed by atoms with E-state index in [9.17, 15) is 4.39 Å². The Morgan fingerprint density at radius 2 is 2.25 bits per heavy atom.